The van der Waals surface area contributed by atoms with Crippen LogP contribution in [0.4, 0.5) is 13.2 Å². The molecule has 0 aromatic heterocycles. The molecule has 0 aliphatic carbocycles. The van der Waals surface area contributed by atoms with E-state index in [1.807, 2.05) is 0 Å². The molecule has 1 aromatic rings. The van der Waals surface area contributed by atoms with Crippen LogP contribution in [0.1, 0.15) is 18.4 Å². The van der Waals surface area contributed by atoms with Gasteiger partial charge in [-0.15, -0.1) is 11.6 Å². The SMILES string of the molecule is COC(CCCCl)(C(=O)O)c1cc(F)c(F)c(F)c1. The van der Waals surface area contributed by atoms with E-state index in [0.717, 1.165) is 7.11 Å². The average Bonchev–Trinajstić information content (AvgIpc) is 2.36. The molecule has 1 rings (SSSR count). The summed E-state index contributed by atoms with van der Waals surface area (Å²) in [6.07, 6.45) is 0.162. The van der Waals surface area contributed by atoms with Crippen LogP contribution in [-0.2, 0) is 15.1 Å². The van der Waals surface area contributed by atoms with Gasteiger partial charge in [0, 0.05) is 18.6 Å². The van der Waals surface area contributed by atoms with Gasteiger partial charge in [-0.25, -0.2) is 18.0 Å². The van der Waals surface area contributed by atoms with Gasteiger partial charge in [0.2, 0.25) is 0 Å². The van der Waals surface area contributed by atoms with Crippen molar-refractivity contribution in [3.8, 4) is 0 Å². The summed E-state index contributed by atoms with van der Waals surface area (Å²) in [6.45, 7) is 0. The highest BCUT2D eigenvalue weighted by atomic mass is 35.5. The van der Waals surface area contributed by atoms with Crippen LogP contribution in [0.15, 0.2) is 12.1 Å². The van der Waals surface area contributed by atoms with Gasteiger partial charge in [0.1, 0.15) is 0 Å². The molecule has 0 aliphatic rings. The summed E-state index contributed by atoms with van der Waals surface area (Å²) >= 11 is 5.49. The first-order valence-corrected chi connectivity index (χ1v) is 5.92. The van der Waals surface area contributed by atoms with Crippen molar-refractivity contribution < 1.29 is 27.8 Å². The zero-order valence-corrected chi connectivity index (χ0v) is 10.8. The van der Waals surface area contributed by atoms with Crippen molar-refractivity contribution in [1.29, 1.82) is 0 Å². The maximum Gasteiger partial charge on any atom is 0.340 e. The van der Waals surface area contributed by atoms with Gasteiger partial charge in [-0.3, -0.25) is 0 Å². The first-order valence-electron chi connectivity index (χ1n) is 5.38. The van der Waals surface area contributed by atoms with Crippen molar-refractivity contribution in [3.63, 3.8) is 0 Å². The molecule has 0 radical (unpaired) electrons. The molecule has 0 spiro atoms. The Morgan fingerprint density at radius 2 is 1.89 bits per heavy atom. The fourth-order valence-corrected chi connectivity index (χ4v) is 1.92. The number of benzene rings is 1. The van der Waals surface area contributed by atoms with E-state index in [0.29, 0.717) is 12.1 Å². The molecule has 106 valence electrons. The summed E-state index contributed by atoms with van der Waals surface area (Å²) in [7, 11) is 1.10. The van der Waals surface area contributed by atoms with Crippen molar-refractivity contribution in [3.05, 3.63) is 35.1 Å². The minimum atomic E-state index is -1.95. The van der Waals surface area contributed by atoms with Crippen molar-refractivity contribution in [2.45, 2.75) is 18.4 Å². The molecule has 0 saturated heterocycles. The van der Waals surface area contributed by atoms with Gasteiger partial charge in [-0.05, 0) is 25.0 Å². The molecule has 0 aliphatic heterocycles. The lowest BCUT2D eigenvalue weighted by Gasteiger charge is -2.28. The Morgan fingerprint density at radius 1 is 1.37 bits per heavy atom. The van der Waals surface area contributed by atoms with E-state index in [-0.39, 0.29) is 24.3 Å². The summed E-state index contributed by atoms with van der Waals surface area (Å²) in [6, 6.07) is 1.23. The summed E-state index contributed by atoms with van der Waals surface area (Å²) in [5.74, 6) is -5.86. The van der Waals surface area contributed by atoms with Crippen LogP contribution in [0.5, 0.6) is 0 Å². The molecule has 1 atom stereocenters. The fourth-order valence-electron chi connectivity index (χ4n) is 1.79. The van der Waals surface area contributed by atoms with Crippen molar-refractivity contribution >= 4 is 17.6 Å². The highest BCUT2D eigenvalue weighted by Gasteiger charge is 2.41. The number of hydrogen-bond acceptors (Lipinski definition) is 2. The van der Waals surface area contributed by atoms with Crippen LogP contribution in [0.3, 0.4) is 0 Å². The summed E-state index contributed by atoms with van der Waals surface area (Å²) in [5.41, 5.74) is -2.26. The van der Waals surface area contributed by atoms with Crippen molar-refractivity contribution in [2.24, 2.45) is 0 Å². The monoisotopic (exact) mass is 296 g/mol. The molecule has 0 bridgehead atoms. The Kier molecular flexibility index (Phi) is 5.20. The number of rotatable bonds is 6. The minimum absolute atomic E-state index is 0.0904. The standard InChI is InChI=1S/C12H12ClF3O3/c1-19-12(11(17)18,3-2-4-13)7-5-8(14)10(16)9(15)6-7/h5-6H,2-4H2,1H3,(H,17,18). The molecular formula is C12H12ClF3O3. The number of hydrogen-bond donors (Lipinski definition) is 1. The third kappa shape index (κ3) is 3.01. The Labute approximate surface area is 112 Å². The Bertz CT molecular complexity index is 458. The molecule has 1 aromatic carbocycles. The second kappa shape index (κ2) is 6.25. The number of methoxy groups -OCH3 is 1. The quantitative estimate of drug-likeness (QED) is 0.648. The van der Waals surface area contributed by atoms with E-state index >= 15 is 0 Å². The summed E-state index contributed by atoms with van der Waals surface area (Å²) in [5, 5.41) is 9.25. The molecule has 19 heavy (non-hydrogen) atoms. The molecule has 0 heterocycles. The zero-order valence-electron chi connectivity index (χ0n) is 10.1. The van der Waals surface area contributed by atoms with E-state index < -0.39 is 29.0 Å². The maximum absolute atomic E-state index is 13.2. The number of ether oxygens (including phenoxy) is 1. The van der Waals surface area contributed by atoms with E-state index in [9.17, 15) is 23.1 Å². The van der Waals surface area contributed by atoms with Gasteiger partial charge < -0.3 is 9.84 Å². The molecular weight excluding hydrogens is 285 g/mol. The lowest BCUT2D eigenvalue weighted by Crippen LogP contribution is -2.38. The van der Waals surface area contributed by atoms with E-state index in [1.165, 1.54) is 0 Å². The largest absolute Gasteiger partial charge is 0.479 e. The average molecular weight is 297 g/mol. The lowest BCUT2D eigenvalue weighted by molar-refractivity contribution is -0.165. The molecule has 1 unspecified atom stereocenters. The predicted molar refractivity (Wildman–Crippen MR) is 62.6 cm³/mol. The summed E-state index contributed by atoms with van der Waals surface area (Å²) < 4.78 is 44.2. The van der Waals surface area contributed by atoms with E-state index in [2.05, 4.69) is 0 Å². The first-order chi connectivity index (χ1) is 8.89. The van der Waals surface area contributed by atoms with Gasteiger partial charge in [-0.2, -0.15) is 0 Å². The third-order valence-corrected chi connectivity index (χ3v) is 3.07. The summed E-state index contributed by atoms with van der Waals surface area (Å²) in [4.78, 5) is 11.4. The first kappa shape index (κ1) is 15.8. The molecule has 0 amide bonds. The second-order valence-electron chi connectivity index (χ2n) is 3.88. The number of halogens is 4. The molecule has 0 saturated carbocycles. The molecule has 0 fully saturated rings. The van der Waals surface area contributed by atoms with Crippen molar-refractivity contribution in [2.75, 3.05) is 13.0 Å². The van der Waals surface area contributed by atoms with Gasteiger partial charge in [-0.1, -0.05) is 0 Å². The van der Waals surface area contributed by atoms with Crippen LogP contribution >= 0.6 is 11.6 Å². The Hall–Kier alpha value is -1.27. The second-order valence-corrected chi connectivity index (χ2v) is 4.26. The van der Waals surface area contributed by atoms with Gasteiger partial charge in [0.25, 0.3) is 0 Å². The zero-order chi connectivity index (χ0) is 14.6. The van der Waals surface area contributed by atoms with E-state index in [4.69, 9.17) is 16.3 Å². The number of alkyl halides is 1. The van der Waals surface area contributed by atoms with Crippen LogP contribution in [0, 0.1) is 17.5 Å². The highest BCUT2D eigenvalue weighted by molar-refractivity contribution is 6.17. The normalized spacial score (nSPS) is 14.2. The van der Waals surface area contributed by atoms with Crippen LogP contribution in [0.25, 0.3) is 0 Å². The maximum atomic E-state index is 13.2. The molecule has 1 N–H and O–H groups in total. The Balaban J connectivity index is 3.36. The van der Waals surface area contributed by atoms with Gasteiger partial charge >= 0.3 is 5.97 Å². The Morgan fingerprint density at radius 3 is 2.26 bits per heavy atom. The van der Waals surface area contributed by atoms with Crippen LogP contribution < -0.4 is 0 Å². The van der Waals surface area contributed by atoms with Gasteiger partial charge in [0.05, 0.1) is 0 Å². The van der Waals surface area contributed by atoms with Gasteiger partial charge in [0.15, 0.2) is 23.1 Å². The van der Waals surface area contributed by atoms with Crippen molar-refractivity contribution in [1.82, 2.24) is 0 Å². The fraction of sp³-hybridized carbons (Fsp3) is 0.417. The predicted octanol–water partition coefficient (Wildman–Crippen LogP) is 3.05. The smallest absolute Gasteiger partial charge is 0.340 e. The lowest BCUT2D eigenvalue weighted by atomic mass is 9.88. The number of carboxylic acid groups (broad SMARTS) is 1. The number of carboxylic acids is 1. The van der Waals surface area contributed by atoms with Crippen LogP contribution in [-0.4, -0.2) is 24.1 Å². The topological polar surface area (TPSA) is 46.5 Å². The molecule has 3 nitrogen and oxygen atoms in total. The third-order valence-electron chi connectivity index (χ3n) is 2.81. The van der Waals surface area contributed by atoms with E-state index in [1.54, 1.807) is 0 Å². The highest BCUT2D eigenvalue weighted by Crippen LogP contribution is 2.33. The molecule has 7 heteroatoms. The van der Waals surface area contributed by atoms with Crippen LogP contribution in [0.2, 0.25) is 0 Å². The number of carbonyl (C=O) groups is 1. The minimum Gasteiger partial charge on any atom is -0.479 e. The number of aliphatic carboxylic acids is 1.